The Morgan fingerprint density at radius 3 is 2.66 bits per heavy atom. The van der Waals surface area contributed by atoms with Gasteiger partial charge in [-0.1, -0.05) is 18.5 Å². The average Bonchev–Trinajstić information content (AvgIpc) is 3.36. The van der Waals surface area contributed by atoms with E-state index in [0.29, 0.717) is 30.6 Å². The smallest absolute Gasteiger partial charge is 0.232 e. The lowest BCUT2D eigenvalue weighted by Gasteiger charge is -2.15. The van der Waals surface area contributed by atoms with E-state index < -0.39 is 0 Å². The van der Waals surface area contributed by atoms with Crippen molar-refractivity contribution in [2.24, 2.45) is 0 Å². The Morgan fingerprint density at radius 2 is 1.93 bits per heavy atom. The highest BCUT2D eigenvalue weighted by molar-refractivity contribution is 5.96. The Bertz CT molecular complexity index is 970. The van der Waals surface area contributed by atoms with Crippen molar-refractivity contribution in [1.29, 1.82) is 0 Å². The lowest BCUT2D eigenvalue weighted by molar-refractivity contribution is -0.117. The minimum atomic E-state index is -0.333. The summed E-state index contributed by atoms with van der Waals surface area (Å²) >= 11 is 0. The molecule has 1 saturated heterocycles. The first kappa shape index (κ1) is 19.1. The molecule has 4 rings (SSSR count). The topological polar surface area (TPSA) is 68.5 Å². The number of ether oxygens (including phenoxy) is 1. The zero-order valence-corrected chi connectivity index (χ0v) is 16.2. The van der Waals surface area contributed by atoms with Gasteiger partial charge in [-0.3, -0.25) is 4.79 Å². The zero-order chi connectivity index (χ0) is 20.2. The number of nitrogens with zero attached hydrogens (tertiary/aromatic N) is 3. The van der Waals surface area contributed by atoms with Crippen molar-refractivity contribution in [3.05, 3.63) is 60.2 Å². The first-order chi connectivity index (χ1) is 14.1. The van der Waals surface area contributed by atoms with E-state index in [1.807, 2.05) is 24.3 Å². The molecule has 0 saturated carbocycles. The molecule has 29 heavy (non-hydrogen) atoms. The van der Waals surface area contributed by atoms with E-state index in [4.69, 9.17) is 9.26 Å². The minimum Gasteiger partial charge on any atom is -0.494 e. The third kappa shape index (κ3) is 4.29. The standard InChI is InChI=1S/C22H22FN3O3/c1-2-3-12-28-19-10-4-15(5-11-19)21-24-22(29-25-21)16-13-20(27)26(14-16)18-8-6-17(23)7-9-18/h4-11,16H,2-3,12-14H2,1H3. The SMILES string of the molecule is CCCCOc1ccc(-c2noc(C3CC(=O)N(c4ccc(F)cc4)C3)n2)cc1. The number of hydrogen-bond donors (Lipinski definition) is 0. The molecule has 7 heteroatoms. The first-order valence-corrected chi connectivity index (χ1v) is 9.77. The number of hydrogen-bond acceptors (Lipinski definition) is 5. The quantitative estimate of drug-likeness (QED) is 0.548. The number of amides is 1. The van der Waals surface area contributed by atoms with Gasteiger partial charge in [-0.05, 0) is 55.0 Å². The number of carbonyl (C=O) groups is 1. The molecule has 0 radical (unpaired) electrons. The second-order valence-corrected chi connectivity index (χ2v) is 7.06. The number of carbonyl (C=O) groups excluding carboxylic acids is 1. The van der Waals surface area contributed by atoms with Gasteiger partial charge in [-0.2, -0.15) is 4.98 Å². The van der Waals surface area contributed by atoms with Gasteiger partial charge in [0.25, 0.3) is 0 Å². The van der Waals surface area contributed by atoms with E-state index in [2.05, 4.69) is 17.1 Å². The van der Waals surface area contributed by atoms with Gasteiger partial charge in [0.05, 0.1) is 12.5 Å². The molecular formula is C22H22FN3O3. The molecule has 1 amide bonds. The van der Waals surface area contributed by atoms with E-state index in [9.17, 15) is 9.18 Å². The number of aromatic nitrogens is 2. The van der Waals surface area contributed by atoms with Gasteiger partial charge in [0.2, 0.25) is 17.6 Å². The van der Waals surface area contributed by atoms with Crippen LogP contribution in [-0.4, -0.2) is 29.2 Å². The van der Waals surface area contributed by atoms with Crippen LogP contribution in [0, 0.1) is 5.82 Å². The third-order valence-electron chi connectivity index (χ3n) is 4.93. The van der Waals surface area contributed by atoms with Crippen LogP contribution in [0.25, 0.3) is 11.4 Å². The molecule has 6 nitrogen and oxygen atoms in total. The molecule has 0 N–H and O–H groups in total. The second-order valence-electron chi connectivity index (χ2n) is 7.06. The van der Waals surface area contributed by atoms with E-state index in [-0.39, 0.29) is 24.1 Å². The molecule has 3 aromatic rings. The molecule has 2 aromatic carbocycles. The highest BCUT2D eigenvalue weighted by Crippen LogP contribution is 2.32. The van der Waals surface area contributed by atoms with Crippen LogP contribution < -0.4 is 9.64 Å². The van der Waals surface area contributed by atoms with E-state index in [1.54, 1.807) is 17.0 Å². The lowest BCUT2D eigenvalue weighted by Crippen LogP contribution is -2.24. The van der Waals surface area contributed by atoms with Crippen LogP contribution in [0.3, 0.4) is 0 Å². The third-order valence-corrected chi connectivity index (χ3v) is 4.93. The summed E-state index contributed by atoms with van der Waals surface area (Å²) < 4.78 is 24.2. The molecular weight excluding hydrogens is 373 g/mol. The van der Waals surface area contributed by atoms with Gasteiger partial charge in [0.15, 0.2) is 0 Å². The van der Waals surface area contributed by atoms with Gasteiger partial charge in [-0.25, -0.2) is 4.39 Å². The summed E-state index contributed by atoms with van der Waals surface area (Å²) in [6.45, 7) is 3.25. The van der Waals surface area contributed by atoms with Crippen molar-refractivity contribution in [3.63, 3.8) is 0 Å². The van der Waals surface area contributed by atoms with Crippen molar-refractivity contribution >= 4 is 11.6 Å². The maximum Gasteiger partial charge on any atom is 0.232 e. The predicted molar refractivity (Wildman–Crippen MR) is 106 cm³/mol. The summed E-state index contributed by atoms with van der Waals surface area (Å²) in [6, 6.07) is 13.4. The molecule has 1 unspecified atom stereocenters. The van der Waals surface area contributed by atoms with Crippen molar-refractivity contribution in [3.8, 4) is 17.1 Å². The Labute approximate surface area is 168 Å². The maximum absolute atomic E-state index is 13.1. The van der Waals surface area contributed by atoms with Gasteiger partial charge < -0.3 is 14.2 Å². The van der Waals surface area contributed by atoms with E-state index in [1.165, 1.54) is 12.1 Å². The van der Waals surface area contributed by atoms with Crippen molar-refractivity contribution in [1.82, 2.24) is 10.1 Å². The molecule has 0 bridgehead atoms. The molecule has 1 aliphatic rings. The predicted octanol–water partition coefficient (Wildman–Crippen LogP) is 4.58. The normalized spacial score (nSPS) is 16.4. The molecule has 1 fully saturated rings. The van der Waals surface area contributed by atoms with Crippen LogP contribution in [0.15, 0.2) is 53.1 Å². The summed E-state index contributed by atoms with van der Waals surface area (Å²) in [6.07, 6.45) is 2.39. The monoisotopic (exact) mass is 395 g/mol. The molecule has 0 aliphatic carbocycles. The largest absolute Gasteiger partial charge is 0.494 e. The molecule has 1 aliphatic heterocycles. The van der Waals surface area contributed by atoms with Crippen LogP contribution in [0.2, 0.25) is 0 Å². The van der Waals surface area contributed by atoms with Crippen molar-refractivity contribution in [2.75, 3.05) is 18.1 Å². The van der Waals surface area contributed by atoms with Gasteiger partial charge in [0, 0.05) is 24.2 Å². The second kappa shape index (κ2) is 8.43. The summed E-state index contributed by atoms with van der Waals surface area (Å²) in [5.41, 5.74) is 1.49. The van der Waals surface area contributed by atoms with Gasteiger partial charge in [0.1, 0.15) is 11.6 Å². The fourth-order valence-corrected chi connectivity index (χ4v) is 3.30. The Balaban J connectivity index is 1.44. The van der Waals surface area contributed by atoms with Crippen LogP contribution in [0.1, 0.15) is 38.0 Å². The number of unbranched alkanes of at least 4 members (excludes halogenated alkanes) is 1. The molecule has 0 spiro atoms. The van der Waals surface area contributed by atoms with Crippen LogP contribution in [0.4, 0.5) is 10.1 Å². The lowest BCUT2D eigenvalue weighted by atomic mass is 10.1. The molecule has 150 valence electrons. The van der Waals surface area contributed by atoms with E-state index >= 15 is 0 Å². The number of rotatable bonds is 7. The van der Waals surface area contributed by atoms with Gasteiger partial charge >= 0.3 is 0 Å². The van der Waals surface area contributed by atoms with Crippen LogP contribution in [-0.2, 0) is 4.79 Å². The zero-order valence-electron chi connectivity index (χ0n) is 16.2. The number of benzene rings is 2. The Morgan fingerprint density at radius 1 is 1.17 bits per heavy atom. The highest BCUT2D eigenvalue weighted by Gasteiger charge is 2.35. The highest BCUT2D eigenvalue weighted by atomic mass is 19.1. The Hall–Kier alpha value is -3.22. The average molecular weight is 395 g/mol. The molecule has 2 heterocycles. The summed E-state index contributed by atoms with van der Waals surface area (Å²) in [4.78, 5) is 18.5. The number of halogens is 1. The Kier molecular flexibility index (Phi) is 5.55. The summed E-state index contributed by atoms with van der Waals surface area (Å²) in [5, 5.41) is 4.06. The summed E-state index contributed by atoms with van der Waals surface area (Å²) in [5.74, 6) is 1.15. The van der Waals surface area contributed by atoms with Gasteiger partial charge in [-0.15, -0.1) is 0 Å². The number of anilines is 1. The fourth-order valence-electron chi connectivity index (χ4n) is 3.30. The first-order valence-electron chi connectivity index (χ1n) is 9.77. The minimum absolute atomic E-state index is 0.0464. The van der Waals surface area contributed by atoms with E-state index in [0.717, 1.165) is 24.2 Å². The molecule has 1 aromatic heterocycles. The fraction of sp³-hybridized carbons (Fsp3) is 0.318. The van der Waals surface area contributed by atoms with Crippen LogP contribution in [0.5, 0.6) is 5.75 Å². The maximum atomic E-state index is 13.1. The summed E-state index contributed by atoms with van der Waals surface area (Å²) in [7, 11) is 0. The molecule has 1 atom stereocenters. The van der Waals surface area contributed by atoms with Crippen molar-refractivity contribution < 1.29 is 18.4 Å². The van der Waals surface area contributed by atoms with Crippen molar-refractivity contribution in [2.45, 2.75) is 32.1 Å². The van der Waals surface area contributed by atoms with Crippen LogP contribution >= 0.6 is 0 Å².